The molecule has 2 aliphatic rings. The highest BCUT2D eigenvalue weighted by Gasteiger charge is 2.54. The van der Waals surface area contributed by atoms with Gasteiger partial charge in [-0.05, 0) is 37.3 Å². The summed E-state index contributed by atoms with van der Waals surface area (Å²) in [6.45, 7) is 2.02. The summed E-state index contributed by atoms with van der Waals surface area (Å²) in [7, 11) is 0. The number of ether oxygens (including phenoxy) is 1. The molecule has 2 unspecified atom stereocenters. The number of amides is 1. The SMILES string of the molecule is CCC1C2C[C@@H](Oc3ccc(C(F)(F)F)cn3)[C@H](C2)N1C(=O)c1ccccc1-c1ncc(F)cn1. The molecule has 5 rings (SSSR count). The molecule has 2 aromatic heterocycles. The van der Waals surface area contributed by atoms with Crippen molar-refractivity contribution in [2.45, 2.75) is 50.6 Å². The Labute approximate surface area is 199 Å². The number of nitrogens with zero attached hydrogens (tertiary/aromatic N) is 4. The molecule has 10 heteroatoms. The van der Waals surface area contributed by atoms with Crippen LogP contribution in [0, 0.1) is 11.7 Å². The highest BCUT2D eigenvalue weighted by Crippen LogP contribution is 2.46. The van der Waals surface area contributed by atoms with Crippen LogP contribution in [0.4, 0.5) is 17.6 Å². The van der Waals surface area contributed by atoms with E-state index in [1.807, 2.05) is 11.8 Å². The van der Waals surface area contributed by atoms with E-state index in [0.717, 1.165) is 37.5 Å². The van der Waals surface area contributed by atoms with Gasteiger partial charge in [-0.3, -0.25) is 4.79 Å². The van der Waals surface area contributed by atoms with Gasteiger partial charge in [-0.15, -0.1) is 0 Å². The number of hydrogen-bond acceptors (Lipinski definition) is 5. The number of hydrogen-bond donors (Lipinski definition) is 0. The number of piperidine rings is 1. The maximum absolute atomic E-state index is 13.8. The number of likely N-dealkylation sites (tertiary alicyclic amines) is 1. The molecule has 3 heterocycles. The number of halogens is 4. The van der Waals surface area contributed by atoms with Gasteiger partial charge >= 0.3 is 6.18 Å². The van der Waals surface area contributed by atoms with Crippen LogP contribution in [0.5, 0.6) is 5.88 Å². The Morgan fingerprint density at radius 3 is 2.46 bits per heavy atom. The Hall–Kier alpha value is -3.56. The second-order valence-corrected chi connectivity index (χ2v) is 8.80. The minimum Gasteiger partial charge on any atom is -0.472 e. The zero-order valence-electron chi connectivity index (χ0n) is 18.7. The predicted octanol–water partition coefficient (Wildman–Crippen LogP) is 5.16. The number of benzene rings is 1. The monoisotopic (exact) mass is 486 g/mol. The van der Waals surface area contributed by atoms with Crippen LogP contribution < -0.4 is 4.74 Å². The van der Waals surface area contributed by atoms with Crippen LogP contribution in [0.3, 0.4) is 0 Å². The van der Waals surface area contributed by atoms with Crippen LogP contribution in [0.25, 0.3) is 11.4 Å². The summed E-state index contributed by atoms with van der Waals surface area (Å²) in [5, 5.41) is 0. The second kappa shape index (κ2) is 8.90. The number of alkyl halides is 3. The average Bonchev–Trinajstić information content (AvgIpc) is 3.42. The molecular formula is C25H22F4N4O2. The molecule has 4 atom stereocenters. The molecule has 1 aromatic carbocycles. The molecule has 0 radical (unpaired) electrons. The minimum absolute atomic E-state index is 0.00936. The summed E-state index contributed by atoms with van der Waals surface area (Å²) in [6.07, 6.45) is 0.187. The van der Waals surface area contributed by atoms with E-state index >= 15 is 0 Å². The molecule has 1 amide bonds. The summed E-state index contributed by atoms with van der Waals surface area (Å²) < 4.78 is 57.9. The van der Waals surface area contributed by atoms with Gasteiger partial charge in [0.2, 0.25) is 5.88 Å². The van der Waals surface area contributed by atoms with Crippen LogP contribution in [0.2, 0.25) is 0 Å². The van der Waals surface area contributed by atoms with Crippen molar-refractivity contribution in [1.82, 2.24) is 19.9 Å². The fourth-order valence-electron chi connectivity index (χ4n) is 5.28. The van der Waals surface area contributed by atoms with E-state index in [2.05, 4.69) is 15.0 Å². The van der Waals surface area contributed by atoms with Gasteiger partial charge in [0.1, 0.15) is 6.10 Å². The van der Waals surface area contributed by atoms with Crippen LogP contribution >= 0.6 is 0 Å². The molecule has 6 nitrogen and oxygen atoms in total. The molecule has 3 aromatic rings. The third-order valence-corrected chi connectivity index (χ3v) is 6.77. The molecule has 1 saturated carbocycles. The summed E-state index contributed by atoms with van der Waals surface area (Å²) in [6, 6.07) is 8.82. The Morgan fingerprint density at radius 2 is 1.80 bits per heavy atom. The van der Waals surface area contributed by atoms with Crippen LogP contribution in [0.1, 0.15) is 42.1 Å². The van der Waals surface area contributed by atoms with Gasteiger partial charge in [0, 0.05) is 23.9 Å². The smallest absolute Gasteiger partial charge is 0.417 e. The summed E-state index contributed by atoms with van der Waals surface area (Å²) in [4.78, 5) is 27.5. The Morgan fingerprint density at radius 1 is 1.06 bits per heavy atom. The summed E-state index contributed by atoms with van der Waals surface area (Å²) in [5.41, 5.74) is 0.0498. The van der Waals surface area contributed by atoms with Crippen LogP contribution in [0.15, 0.2) is 55.0 Å². The van der Waals surface area contributed by atoms with E-state index in [4.69, 9.17) is 4.74 Å². The van der Waals surface area contributed by atoms with Crippen LogP contribution in [-0.4, -0.2) is 43.9 Å². The van der Waals surface area contributed by atoms with Gasteiger partial charge in [-0.1, -0.05) is 25.1 Å². The Balaban J connectivity index is 1.41. The maximum atomic E-state index is 13.8. The molecule has 0 N–H and O–H groups in total. The van der Waals surface area contributed by atoms with Gasteiger partial charge in [0.15, 0.2) is 11.6 Å². The van der Waals surface area contributed by atoms with E-state index < -0.39 is 17.6 Å². The fourth-order valence-corrected chi connectivity index (χ4v) is 5.28. The van der Waals surface area contributed by atoms with Gasteiger partial charge in [-0.25, -0.2) is 19.3 Å². The van der Waals surface area contributed by atoms with Crippen molar-refractivity contribution in [2.24, 2.45) is 5.92 Å². The largest absolute Gasteiger partial charge is 0.472 e. The number of pyridine rings is 1. The topological polar surface area (TPSA) is 68.2 Å². The quantitative estimate of drug-likeness (QED) is 0.466. The average molecular weight is 486 g/mol. The van der Waals surface area contributed by atoms with Crippen molar-refractivity contribution < 1.29 is 27.1 Å². The van der Waals surface area contributed by atoms with E-state index in [0.29, 0.717) is 17.5 Å². The molecule has 2 fully saturated rings. The molecule has 0 spiro atoms. The zero-order valence-corrected chi connectivity index (χ0v) is 18.7. The van der Waals surface area contributed by atoms with E-state index in [9.17, 15) is 22.4 Å². The van der Waals surface area contributed by atoms with Crippen molar-refractivity contribution in [2.75, 3.05) is 0 Å². The lowest BCUT2D eigenvalue weighted by Crippen LogP contribution is -2.52. The van der Waals surface area contributed by atoms with Crippen molar-refractivity contribution in [1.29, 1.82) is 0 Å². The molecule has 1 saturated heterocycles. The first-order chi connectivity index (χ1) is 16.8. The molecule has 1 aliphatic heterocycles. The lowest BCUT2D eigenvalue weighted by molar-refractivity contribution is -0.137. The van der Waals surface area contributed by atoms with E-state index in [1.54, 1.807) is 24.3 Å². The molecular weight excluding hydrogens is 464 g/mol. The van der Waals surface area contributed by atoms with Gasteiger partial charge in [0.05, 0.1) is 29.6 Å². The van der Waals surface area contributed by atoms with Crippen molar-refractivity contribution in [3.8, 4) is 17.3 Å². The molecule has 2 bridgehead atoms. The maximum Gasteiger partial charge on any atom is 0.417 e. The molecule has 1 aliphatic carbocycles. The lowest BCUT2D eigenvalue weighted by atomic mass is 9.94. The highest BCUT2D eigenvalue weighted by molar-refractivity contribution is 6.00. The predicted molar refractivity (Wildman–Crippen MR) is 118 cm³/mol. The Bertz CT molecular complexity index is 1220. The summed E-state index contributed by atoms with van der Waals surface area (Å²) >= 11 is 0. The number of rotatable bonds is 5. The first-order valence-electron chi connectivity index (χ1n) is 11.4. The normalized spacial score (nSPS) is 23.5. The molecule has 182 valence electrons. The van der Waals surface area contributed by atoms with E-state index in [-0.39, 0.29) is 41.7 Å². The van der Waals surface area contributed by atoms with E-state index in [1.165, 1.54) is 6.07 Å². The van der Waals surface area contributed by atoms with Crippen molar-refractivity contribution in [3.05, 3.63) is 71.9 Å². The van der Waals surface area contributed by atoms with Gasteiger partial charge < -0.3 is 9.64 Å². The first-order valence-corrected chi connectivity index (χ1v) is 11.4. The standard InChI is InChI=1S/C25H22F4N4O2/c1-2-19-14-9-20(21(10-14)35-22-8-7-15(11-30-22)25(27,28)29)33(19)24(34)18-6-4-3-5-17(18)23-31-12-16(26)13-32-23/h3-8,11-14,19-21H,2,9-10H2,1H3/t14?,19?,20-,21+/m0/s1. The van der Waals surface area contributed by atoms with Crippen LogP contribution in [-0.2, 0) is 6.18 Å². The minimum atomic E-state index is -4.48. The number of fused-ring (bicyclic) bond motifs is 2. The Kier molecular flexibility index (Phi) is 5.90. The van der Waals surface area contributed by atoms with Gasteiger partial charge in [0.25, 0.3) is 5.91 Å². The fraction of sp³-hybridized carbons (Fsp3) is 0.360. The summed E-state index contributed by atoms with van der Waals surface area (Å²) in [5.74, 6) is -0.230. The highest BCUT2D eigenvalue weighted by atomic mass is 19.4. The number of carbonyl (C=O) groups is 1. The van der Waals surface area contributed by atoms with Gasteiger partial charge in [-0.2, -0.15) is 13.2 Å². The second-order valence-electron chi connectivity index (χ2n) is 8.80. The lowest BCUT2D eigenvalue weighted by Gasteiger charge is -2.39. The third kappa shape index (κ3) is 4.33. The number of aromatic nitrogens is 3. The number of carbonyl (C=O) groups excluding carboxylic acids is 1. The third-order valence-electron chi connectivity index (χ3n) is 6.77. The zero-order chi connectivity index (χ0) is 24.7. The van der Waals surface area contributed by atoms with Crippen molar-refractivity contribution >= 4 is 5.91 Å². The van der Waals surface area contributed by atoms with Crippen molar-refractivity contribution in [3.63, 3.8) is 0 Å². The molecule has 35 heavy (non-hydrogen) atoms. The first kappa shape index (κ1) is 23.2.